The predicted octanol–water partition coefficient (Wildman–Crippen LogP) is 6.82. The van der Waals surface area contributed by atoms with Crippen molar-refractivity contribution in [3.8, 4) is 0 Å². The van der Waals surface area contributed by atoms with Crippen LogP contribution in [0.15, 0.2) is 12.2 Å². The molecule has 1 unspecified atom stereocenters. The molecule has 4 heteroatoms. The van der Waals surface area contributed by atoms with E-state index in [0.717, 1.165) is 18.7 Å². The molecule has 0 fully saturated rings. The summed E-state index contributed by atoms with van der Waals surface area (Å²) >= 11 is 1.70. The van der Waals surface area contributed by atoms with Gasteiger partial charge in [0.25, 0.3) is 0 Å². The number of nitrogens with one attached hydrogen (secondary N) is 1. The number of hydrogen-bond acceptors (Lipinski definition) is 3. The summed E-state index contributed by atoms with van der Waals surface area (Å²) in [6.45, 7) is 3.10. The van der Waals surface area contributed by atoms with Gasteiger partial charge in [0.15, 0.2) is 0 Å². The third kappa shape index (κ3) is 20.1. The number of allylic oxidation sites excluding steroid dienone is 2. The number of carboxylic acids is 1. The van der Waals surface area contributed by atoms with Crippen molar-refractivity contribution in [2.24, 2.45) is 0 Å². The van der Waals surface area contributed by atoms with Crippen molar-refractivity contribution in [3.05, 3.63) is 12.2 Å². The average Bonchev–Trinajstić information content (AvgIpc) is 2.66. The first kappa shape index (κ1) is 26.5. The molecule has 0 aromatic heterocycles. The second-order valence-electron chi connectivity index (χ2n) is 7.56. The van der Waals surface area contributed by atoms with Gasteiger partial charge in [-0.05, 0) is 57.1 Å². The number of unbranched alkanes of at least 4 members (excludes halogenated alkanes) is 12. The van der Waals surface area contributed by atoms with E-state index in [1.807, 2.05) is 6.26 Å². The highest BCUT2D eigenvalue weighted by Gasteiger charge is 2.15. The number of carbonyl (C=O) groups is 1. The third-order valence-electron chi connectivity index (χ3n) is 4.99. The largest absolute Gasteiger partial charge is 0.480 e. The van der Waals surface area contributed by atoms with Gasteiger partial charge in [0, 0.05) is 0 Å². The Morgan fingerprint density at radius 1 is 0.889 bits per heavy atom. The van der Waals surface area contributed by atoms with E-state index >= 15 is 0 Å². The van der Waals surface area contributed by atoms with Crippen LogP contribution in [0.3, 0.4) is 0 Å². The lowest BCUT2D eigenvalue weighted by molar-refractivity contribution is -0.139. The normalized spacial score (nSPS) is 12.7. The molecule has 0 aromatic rings. The Balaban J connectivity index is 3.30. The maximum Gasteiger partial charge on any atom is 0.320 e. The molecule has 0 aliphatic carbocycles. The van der Waals surface area contributed by atoms with Gasteiger partial charge >= 0.3 is 5.97 Å². The molecule has 0 radical (unpaired) electrons. The van der Waals surface area contributed by atoms with E-state index in [-0.39, 0.29) is 6.04 Å². The molecule has 0 saturated carbocycles. The van der Waals surface area contributed by atoms with Crippen molar-refractivity contribution in [2.45, 2.75) is 109 Å². The Kier molecular flexibility index (Phi) is 21.4. The summed E-state index contributed by atoms with van der Waals surface area (Å²) in [5.74, 6) is 0.186. The first-order valence-electron chi connectivity index (χ1n) is 11.3. The van der Waals surface area contributed by atoms with E-state index in [9.17, 15) is 4.79 Å². The lowest BCUT2D eigenvalue weighted by Crippen LogP contribution is -2.37. The lowest BCUT2D eigenvalue weighted by atomic mass is 10.1. The van der Waals surface area contributed by atoms with Crippen LogP contribution in [0.4, 0.5) is 0 Å². The lowest BCUT2D eigenvalue weighted by Gasteiger charge is -2.13. The first-order valence-corrected chi connectivity index (χ1v) is 12.7. The Morgan fingerprint density at radius 2 is 1.41 bits per heavy atom. The van der Waals surface area contributed by atoms with Crippen LogP contribution in [-0.2, 0) is 4.79 Å². The second kappa shape index (κ2) is 21.8. The molecule has 27 heavy (non-hydrogen) atoms. The zero-order chi connectivity index (χ0) is 20.0. The van der Waals surface area contributed by atoms with Gasteiger partial charge in [0.05, 0.1) is 0 Å². The standard InChI is InChI=1S/C23H45NO2S/c1-3-4-5-6-7-8-9-10-11-12-13-14-15-16-17-18-20-24-22(23(25)26)19-21-27-2/h10-11,22,24H,3-9,12-21H2,1-2H3,(H,25,26). The third-order valence-corrected chi connectivity index (χ3v) is 5.63. The molecule has 3 nitrogen and oxygen atoms in total. The van der Waals surface area contributed by atoms with E-state index in [1.54, 1.807) is 11.8 Å². The summed E-state index contributed by atoms with van der Waals surface area (Å²) < 4.78 is 0. The number of hydrogen-bond donors (Lipinski definition) is 2. The smallest absolute Gasteiger partial charge is 0.320 e. The molecule has 2 N–H and O–H groups in total. The van der Waals surface area contributed by atoms with E-state index in [2.05, 4.69) is 24.4 Å². The summed E-state index contributed by atoms with van der Waals surface area (Å²) in [4.78, 5) is 11.1. The molecule has 0 aromatic carbocycles. The van der Waals surface area contributed by atoms with Crippen molar-refractivity contribution in [1.82, 2.24) is 5.32 Å². The molecule has 0 spiro atoms. The minimum Gasteiger partial charge on any atom is -0.480 e. The zero-order valence-electron chi connectivity index (χ0n) is 18.0. The topological polar surface area (TPSA) is 49.3 Å². The van der Waals surface area contributed by atoms with Gasteiger partial charge in [-0.1, -0.05) is 76.9 Å². The van der Waals surface area contributed by atoms with Crippen molar-refractivity contribution >= 4 is 17.7 Å². The average molecular weight is 400 g/mol. The number of thioether (sulfide) groups is 1. The molecular formula is C23H45NO2S. The van der Waals surface area contributed by atoms with Crippen molar-refractivity contribution < 1.29 is 9.90 Å². The fourth-order valence-electron chi connectivity index (χ4n) is 3.20. The summed E-state index contributed by atoms with van der Waals surface area (Å²) in [5.41, 5.74) is 0. The predicted molar refractivity (Wildman–Crippen MR) is 122 cm³/mol. The molecule has 1 atom stereocenters. The molecule has 0 aliphatic heterocycles. The van der Waals surface area contributed by atoms with Crippen LogP contribution >= 0.6 is 11.8 Å². The van der Waals surface area contributed by atoms with Crippen LogP contribution in [-0.4, -0.2) is 35.7 Å². The SMILES string of the molecule is CCCCCCCCC=CCCCCCCCCNC(CCSC)C(=O)O. The molecule has 0 amide bonds. The van der Waals surface area contributed by atoms with E-state index < -0.39 is 5.97 Å². The highest BCUT2D eigenvalue weighted by molar-refractivity contribution is 7.98. The molecule has 0 aliphatic rings. The van der Waals surface area contributed by atoms with Gasteiger partial charge in [-0.25, -0.2) is 0 Å². The fourth-order valence-corrected chi connectivity index (χ4v) is 3.67. The van der Waals surface area contributed by atoms with Crippen molar-refractivity contribution in [3.63, 3.8) is 0 Å². The van der Waals surface area contributed by atoms with Crippen LogP contribution in [0, 0.1) is 0 Å². The highest BCUT2D eigenvalue weighted by atomic mass is 32.2. The maximum atomic E-state index is 11.1. The molecule has 160 valence electrons. The van der Waals surface area contributed by atoms with Gasteiger partial charge in [0.2, 0.25) is 0 Å². The van der Waals surface area contributed by atoms with E-state index in [0.29, 0.717) is 6.42 Å². The van der Waals surface area contributed by atoms with Crippen molar-refractivity contribution in [1.29, 1.82) is 0 Å². The second-order valence-corrected chi connectivity index (χ2v) is 8.55. The molecule has 0 heterocycles. The molecule has 0 bridgehead atoms. The monoisotopic (exact) mass is 399 g/mol. The summed E-state index contributed by atoms with van der Waals surface area (Å²) in [5, 5.41) is 12.3. The Morgan fingerprint density at radius 3 is 1.93 bits per heavy atom. The van der Waals surface area contributed by atoms with Crippen LogP contribution in [0.1, 0.15) is 103 Å². The Hall–Kier alpha value is -0.480. The van der Waals surface area contributed by atoms with Gasteiger partial charge < -0.3 is 10.4 Å². The van der Waals surface area contributed by atoms with Gasteiger partial charge in [-0.2, -0.15) is 11.8 Å². The number of aliphatic carboxylic acids is 1. The Bertz CT molecular complexity index is 347. The van der Waals surface area contributed by atoms with Crippen molar-refractivity contribution in [2.75, 3.05) is 18.6 Å². The molecule has 0 rings (SSSR count). The number of carboxylic acid groups (broad SMARTS) is 1. The number of rotatable bonds is 21. The van der Waals surface area contributed by atoms with Gasteiger partial charge in [0.1, 0.15) is 6.04 Å². The van der Waals surface area contributed by atoms with Crippen LogP contribution < -0.4 is 5.32 Å². The van der Waals surface area contributed by atoms with Gasteiger partial charge in [-0.15, -0.1) is 0 Å². The maximum absolute atomic E-state index is 11.1. The summed E-state index contributed by atoms with van der Waals surface area (Å²) in [6.07, 6.45) is 25.8. The first-order chi connectivity index (χ1) is 13.2. The summed E-state index contributed by atoms with van der Waals surface area (Å²) in [7, 11) is 0. The fraction of sp³-hybridized carbons (Fsp3) is 0.870. The zero-order valence-corrected chi connectivity index (χ0v) is 18.8. The minimum absolute atomic E-state index is 0.374. The van der Waals surface area contributed by atoms with Crippen LogP contribution in [0.25, 0.3) is 0 Å². The quantitative estimate of drug-likeness (QED) is 0.164. The molecule has 0 saturated heterocycles. The Labute approximate surface area is 173 Å². The van der Waals surface area contributed by atoms with Crippen LogP contribution in [0.5, 0.6) is 0 Å². The minimum atomic E-state index is -0.714. The van der Waals surface area contributed by atoms with Gasteiger partial charge in [-0.3, -0.25) is 4.79 Å². The highest BCUT2D eigenvalue weighted by Crippen LogP contribution is 2.10. The van der Waals surface area contributed by atoms with E-state index in [1.165, 1.54) is 83.5 Å². The summed E-state index contributed by atoms with van der Waals surface area (Å²) in [6, 6.07) is -0.374. The molecular weight excluding hydrogens is 354 g/mol. The van der Waals surface area contributed by atoms with Crippen LogP contribution in [0.2, 0.25) is 0 Å². The van der Waals surface area contributed by atoms with E-state index in [4.69, 9.17) is 5.11 Å².